The Morgan fingerprint density at radius 1 is 1.15 bits per heavy atom. The van der Waals surface area contributed by atoms with E-state index in [-0.39, 0.29) is 12.3 Å². The first-order valence-corrected chi connectivity index (χ1v) is 6.90. The molecular weight excluding hydrogens is 274 g/mol. The molecule has 20 heavy (non-hydrogen) atoms. The van der Waals surface area contributed by atoms with E-state index >= 15 is 0 Å². The van der Waals surface area contributed by atoms with Gasteiger partial charge in [-0.2, -0.15) is 0 Å². The number of aliphatic carboxylic acids is 1. The average molecular weight is 284 g/mol. The Kier molecular flexibility index (Phi) is 3.12. The number of ketones is 1. The SMILES string of the molecule is O=C([O-])Cn1cc(C(=O)c2cccs2)c2ccccc21. The standard InChI is InChI=1S/C15H11NO3S/c17-14(18)9-16-8-11(10-4-1-2-5-12(10)16)15(19)13-6-3-7-20-13/h1-8H,9H2,(H,17,18)/p-1. The molecule has 0 bridgehead atoms. The monoisotopic (exact) mass is 284 g/mol. The first-order valence-electron chi connectivity index (χ1n) is 6.03. The largest absolute Gasteiger partial charge is 0.548 e. The van der Waals surface area contributed by atoms with Crippen LogP contribution in [0.25, 0.3) is 10.9 Å². The summed E-state index contributed by atoms with van der Waals surface area (Å²) in [6.07, 6.45) is 1.59. The van der Waals surface area contributed by atoms with Gasteiger partial charge in [0.15, 0.2) is 0 Å². The van der Waals surface area contributed by atoms with Crippen LogP contribution in [0.1, 0.15) is 15.2 Å². The van der Waals surface area contributed by atoms with Gasteiger partial charge in [-0.3, -0.25) is 4.79 Å². The van der Waals surface area contributed by atoms with E-state index in [2.05, 4.69) is 0 Å². The number of fused-ring (bicyclic) bond motifs is 1. The molecule has 5 heteroatoms. The number of carbonyl (C=O) groups excluding carboxylic acids is 2. The van der Waals surface area contributed by atoms with Crippen molar-refractivity contribution >= 4 is 34.0 Å². The lowest BCUT2D eigenvalue weighted by atomic mass is 10.1. The highest BCUT2D eigenvalue weighted by Crippen LogP contribution is 2.25. The Balaban J connectivity index is 2.16. The third kappa shape index (κ3) is 2.12. The molecule has 0 saturated heterocycles. The van der Waals surface area contributed by atoms with Crippen molar-refractivity contribution in [2.75, 3.05) is 0 Å². The van der Waals surface area contributed by atoms with Gasteiger partial charge in [-0.05, 0) is 17.5 Å². The van der Waals surface area contributed by atoms with Crippen LogP contribution in [-0.4, -0.2) is 16.3 Å². The summed E-state index contributed by atoms with van der Waals surface area (Å²) in [6.45, 7) is -0.266. The number of aromatic nitrogens is 1. The molecular formula is C15H10NO3S-. The van der Waals surface area contributed by atoms with Gasteiger partial charge in [0.05, 0.1) is 17.4 Å². The zero-order valence-electron chi connectivity index (χ0n) is 10.4. The summed E-state index contributed by atoms with van der Waals surface area (Å²) >= 11 is 1.37. The first-order chi connectivity index (χ1) is 9.66. The fourth-order valence-electron chi connectivity index (χ4n) is 2.24. The van der Waals surface area contributed by atoms with Crippen molar-refractivity contribution in [3.05, 3.63) is 58.4 Å². The van der Waals surface area contributed by atoms with E-state index in [0.717, 1.165) is 10.9 Å². The van der Waals surface area contributed by atoms with Crippen LogP contribution in [0.5, 0.6) is 0 Å². The predicted molar refractivity (Wildman–Crippen MR) is 74.7 cm³/mol. The predicted octanol–water partition coefficient (Wildman–Crippen LogP) is 1.68. The number of hydrogen-bond donors (Lipinski definition) is 0. The molecule has 0 saturated carbocycles. The molecule has 0 aliphatic rings. The van der Waals surface area contributed by atoms with Gasteiger partial charge < -0.3 is 14.5 Å². The molecule has 2 aromatic heterocycles. The number of para-hydroxylation sites is 1. The second kappa shape index (κ2) is 4.94. The lowest BCUT2D eigenvalue weighted by molar-refractivity contribution is -0.306. The fraction of sp³-hybridized carbons (Fsp3) is 0.0667. The molecule has 0 unspecified atom stereocenters. The third-order valence-electron chi connectivity index (χ3n) is 3.08. The number of rotatable bonds is 4. The summed E-state index contributed by atoms with van der Waals surface area (Å²) in [4.78, 5) is 23.9. The summed E-state index contributed by atoms with van der Waals surface area (Å²) in [6, 6.07) is 10.8. The average Bonchev–Trinajstić information content (AvgIpc) is 3.06. The van der Waals surface area contributed by atoms with Crippen LogP contribution in [0.2, 0.25) is 0 Å². The number of hydrogen-bond acceptors (Lipinski definition) is 4. The number of carboxylic acids is 1. The summed E-state index contributed by atoms with van der Waals surface area (Å²) in [5.41, 5.74) is 1.24. The normalized spacial score (nSPS) is 10.8. The van der Waals surface area contributed by atoms with Crippen molar-refractivity contribution in [3.63, 3.8) is 0 Å². The molecule has 0 atom stereocenters. The first kappa shape index (κ1) is 12.6. The molecule has 3 aromatic rings. The maximum absolute atomic E-state index is 12.5. The molecule has 0 spiro atoms. The van der Waals surface area contributed by atoms with Crippen molar-refractivity contribution in [2.45, 2.75) is 6.54 Å². The Bertz CT molecular complexity index is 787. The van der Waals surface area contributed by atoms with Crippen molar-refractivity contribution < 1.29 is 14.7 Å². The highest BCUT2D eigenvalue weighted by Gasteiger charge is 2.17. The lowest BCUT2D eigenvalue weighted by Gasteiger charge is -2.04. The minimum absolute atomic E-state index is 0.0895. The molecule has 100 valence electrons. The number of carboxylic acid groups (broad SMARTS) is 1. The number of carbonyl (C=O) groups is 2. The van der Waals surface area contributed by atoms with E-state index in [1.54, 1.807) is 18.3 Å². The minimum atomic E-state index is -1.18. The van der Waals surface area contributed by atoms with Gasteiger partial charge in [-0.15, -0.1) is 11.3 Å². The van der Waals surface area contributed by atoms with Gasteiger partial charge in [-0.1, -0.05) is 24.3 Å². The number of thiophene rings is 1. The Hall–Kier alpha value is -2.40. The highest BCUT2D eigenvalue weighted by atomic mass is 32.1. The van der Waals surface area contributed by atoms with Crippen molar-refractivity contribution in [1.29, 1.82) is 0 Å². The molecule has 0 amide bonds. The van der Waals surface area contributed by atoms with Crippen LogP contribution in [0.3, 0.4) is 0 Å². The van der Waals surface area contributed by atoms with E-state index in [4.69, 9.17) is 0 Å². The lowest BCUT2D eigenvalue weighted by Crippen LogP contribution is -2.27. The third-order valence-corrected chi connectivity index (χ3v) is 3.95. The van der Waals surface area contributed by atoms with Crippen molar-refractivity contribution in [1.82, 2.24) is 4.57 Å². The van der Waals surface area contributed by atoms with Gasteiger partial charge in [0, 0.05) is 22.7 Å². The summed E-state index contributed by atoms with van der Waals surface area (Å²) in [5.74, 6) is -1.27. The highest BCUT2D eigenvalue weighted by molar-refractivity contribution is 7.12. The molecule has 0 aliphatic heterocycles. The topological polar surface area (TPSA) is 62.1 Å². The van der Waals surface area contributed by atoms with Crippen LogP contribution >= 0.6 is 11.3 Å². The summed E-state index contributed by atoms with van der Waals surface area (Å²) in [5, 5.41) is 13.4. The van der Waals surface area contributed by atoms with E-state index < -0.39 is 5.97 Å². The van der Waals surface area contributed by atoms with Crippen LogP contribution in [0.15, 0.2) is 48.0 Å². The van der Waals surface area contributed by atoms with Crippen molar-refractivity contribution in [2.24, 2.45) is 0 Å². The molecule has 3 rings (SSSR count). The maximum Gasteiger partial charge on any atom is 0.205 e. The molecule has 1 aromatic carbocycles. The number of nitrogens with zero attached hydrogens (tertiary/aromatic N) is 1. The molecule has 0 radical (unpaired) electrons. The number of benzene rings is 1. The van der Waals surface area contributed by atoms with E-state index in [0.29, 0.717) is 10.4 Å². The molecule has 0 N–H and O–H groups in total. The van der Waals surface area contributed by atoms with Crippen LogP contribution in [-0.2, 0) is 11.3 Å². The Morgan fingerprint density at radius 2 is 1.95 bits per heavy atom. The van der Waals surface area contributed by atoms with E-state index in [1.807, 2.05) is 29.6 Å². The van der Waals surface area contributed by atoms with Crippen LogP contribution in [0.4, 0.5) is 0 Å². The van der Waals surface area contributed by atoms with Crippen molar-refractivity contribution in [3.8, 4) is 0 Å². The van der Waals surface area contributed by atoms with Gasteiger partial charge in [0.25, 0.3) is 0 Å². The zero-order valence-corrected chi connectivity index (χ0v) is 11.2. The maximum atomic E-state index is 12.5. The van der Waals surface area contributed by atoms with Gasteiger partial charge in [0.1, 0.15) is 0 Å². The van der Waals surface area contributed by atoms with Crippen LogP contribution < -0.4 is 5.11 Å². The van der Waals surface area contributed by atoms with Crippen LogP contribution in [0, 0.1) is 0 Å². The fourth-order valence-corrected chi connectivity index (χ4v) is 2.92. The summed E-state index contributed by atoms with van der Waals surface area (Å²) < 4.78 is 1.53. The van der Waals surface area contributed by atoms with Gasteiger partial charge in [-0.25, -0.2) is 0 Å². The van der Waals surface area contributed by atoms with E-state index in [1.165, 1.54) is 15.9 Å². The molecule has 0 aliphatic carbocycles. The second-order valence-corrected chi connectivity index (χ2v) is 5.31. The van der Waals surface area contributed by atoms with Gasteiger partial charge in [0.2, 0.25) is 5.78 Å². The summed E-state index contributed by atoms with van der Waals surface area (Å²) in [7, 11) is 0. The second-order valence-electron chi connectivity index (χ2n) is 4.37. The van der Waals surface area contributed by atoms with Gasteiger partial charge >= 0.3 is 0 Å². The molecule has 0 fully saturated rings. The minimum Gasteiger partial charge on any atom is -0.548 e. The molecule has 2 heterocycles. The Morgan fingerprint density at radius 3 is 2.65 bits per heavy atom. The quantitative estimate of drug-likeness (QED) is 0.685. The Labute approximate surface area is 118 Å². The van der Waals surface area contributed by atoms with E-state index in [9.17, 15) is 14.7 Å². The molecule has 4 nitrogen and oxygen atoms in total. The smallest absolute Gasteiger partial charge is 0.205 e. The zero-order chi connectivity index (χ0) is 14.1.